The molecular weight excluding hydrogens is 1260 g/mol. The Labute approximate surface area is 588 Å². The van der Waals surface area contributed by atoms with E-state index in [1.807, 2.05) is 0 Å². The minimum absolute atomic E-state index is 0.105. The molecule has 0 aromatic heterocycles. The number of rotatable bonds is 74. The van der Waals surface area contributed by atoms with Crippen LogP contribution in [-0.4, -0.2) is 96.7 Å². The van der Waals surface area contributed by atoms with E-state index in [1.54, 1.807) is 0 Å². The second-order valence-corrected chi connectivity index (χ2v) is 31.6. The molecule has 6 unspecified atom stereocenters. The van der Waals surface area contributed by atoms with Crippen LogP contribution in [0.2, 0.25) is 0 Å². The monoisotopic (exact) mass is 1410 g/mol. The maximum Gasteiger partial charge on any atom is 0.472 e. The number of hydrogen-bond donors (Lipinski definition) is 3. The summed E-state index contributed by atoms with van der Waals surface area (Å²) in [6.07, 6.45) is 51.1. The van der Waals surface area contributed by atoms with Crippen molar-refractivity contribution in [1.29, 1.82) is 0 Å². The number of phosphoric acid groups is 2. The smallest absolute Gasteiger partial charge is 0.462 e. The molecule has 19 heteroatoms. The standard InChI is InChI=1S/C77H150O17P2/c1-9-67(5)53-45-37-29-23-17-15-13-14-16-18-26-32-41-49-57-74(79)87-63-72(93-76(81)59-51-43-33-27-21-19-24-30-38-46-54-68(6)10-2)65-91-95(83,84)89-61-71(78)62-90-96(85,86)92-66-73(64-88-75(80)58-50-42-36-35-40-48-56-70(8)12-4)94-77(82)60-52-44-34-28-22-20-25-31-39-47-55-69(7)11-3/h67-73,78H,9-66H2,1-8H3,(H,83,84)(H,85,86)/t67?,68?,69?,70?,71-,72-,73-/m1/s1. The van der Waals surface area contributed by atoms with E-state index in [2.05, 4.69) is 55.4 Å². The number of carbonyl (C=O) groups is 4. The van der Waals surface area contributed by atoms with E-state index in [9.17, 15) is 43.2 Å². The lowest BCUT2D eigenvalue weighted by molar-refractivity contribution is -0.161. The van der Waals surface area contributed by atoms with Crippen molar-refractivity contribution in [3.8, 4) is 0 Å². The molecule has 0 rings (SSSR count). The van der Waals surface area contributed by atoms with Crippen molar-refractivity contribution in [3.63, 3.8) is 0 Å². The fraction of sp³-hybridized carbons (Fsp3) is 0.948. The van der Waals surface area contributed by atoms with Gasteiger partial charge in [0, 0.05) is 25.7 Å². The normalized spacial score (nSPS) is 15.2. The molecule has 0 spiro atoms. The van der Waals surface area contributed by atoms with Gasteiger partial charge in [0.2, 0.25) is 0 Å². The topological polar surface area (TPSA) is 237 Å². The number of esters is 4. The number of unbranched alkanes of at least 4 members (excludes halogenated alkanes) is 36. The van der Waals surface area contributed by atoms with Crippen molar-refractivity contribution in [3.05, 3.63) is 0 Å². The lowest BCUT2D eigenvalue weighted by Gasteiger charge is -2.21. The first-order valence-electron chi connectivity index (χ1n) is 39.9. The Morgan fingerprint density at radius 2 is 0.469 bits per heavy atom. The lowest BCUT2D eigenvalue weighted by atomic mass is 9.99. The van der Waals surface area contributed by atoms with E-state index in [1.165, 1.54) is 186 Å². The second kappa shape index (κ2) is 66.3. The summed E-state index contributed by atoms with van der Waals surface area (Å²) in [5.41, 5.74) is 0. The lowest BCUT2D eigenvalue weighted by Crippen LogP contribution is -2.30. The maximum absolute atomic E-state index is 13.1. The highest BCUT2D eigenvalue weighted by Gasteiger charge is 2.30. The molecule has 3 N–H and O–H groups in total. The van der Waals surface area contributed by atoms with Crippen molar-refractivity contribution in [2.24, 2.45) is 23.7 Å². The van der Waals surface area contributed by atoms with E-state index in [4.69, 9.17) is 37.0 Å². The molecule has 0 heterocycles. The molecule has 0 bridgehead atoms. The zero-order chi connectivity index (χ0) is 71.0. The molecule has 0 amide bonds. The molecule has 96 heavy (non-hydrogen) atoms. The molecule has 0 fully saturated rings. The molecule has 0 aliphatic rings. The van der Waals surface area contributed by atoms with Crippen LogP contribution in [-0.2, 0) is 65.4 Å². The molecule has 570 valence electrons. The number of ether oxygens (including phenoxy) is 4. The van der Waals surface area contributed by atoms with Crippen LogP contribution >= 0.6 is 15.6 Å². The highest BCUT2D eigenvalue weighted by molar-refractivity contribution is 7.47. The third kappa shape index (κ3) is 65.4. The zero-order valence-corrected chi connectivity index (χ0v) is 64.8. The average molecular weight is 1410 g/mol. The Bertz CT molecular complexity index is 1890. The number of hydrogen-bond acceptors (Lipinski definition) is 15. The van der Waals surface area contributed by atoms with Crippen LogP contribution in [0.25, 0.3) is 0 Å². The van der Waals surface area contributed by atoms with Crippen molar-refractivity contribution in [2.45, 2.75) is 408 Å². The quantitative estimate of drug-likeness (QED) is 0.0222. The average Bonchev–Trinajstić information content (AvgIpc) is 1.44. The summed E-state index contributed by atoms with van der Waals surface area (Å²) in [5, 5.41) is 10.6. The van der Waals surface area contributed by atoms with Gasteiger partial charge in [0.15, 0.2) is 12.2 Å². The molecule has 0 aliphatic heterocycles. The van der Waals surface area contributed by atoms with Gasteiger partial charge in [-0.05, 0) is 49.4 Å². The zero-order valence-electron chi connectivity index (χ0n) is 63.0. The third-order valence-corrected chi connectivity index (χ3v) is 21.2. The van der Waals surface area contributed by atoms with Crippen LogP contribution < -0.4 is 0 Å². The van der Waals surface area contributed by atoms with Crippen molar-refractivity contribution in [2.75, 3.05) is 39.6 Å². The number of aliphatic hydroxyl groups excluding tert-OH is 1. The molecule has 0 radical (unpaired) electrons. The Balaban J connectivity index is 5.26. The summed E-state index contributed by atoms with van der Waals surface area (Å²) in [4.78, 5) is 72.9. The van der Waals surface area contributed by atoms with Gasteiger partial charge in [-0.3, -0.25) is 37.3 Å². The van der Waals surface area contributed by atoms with Gasteiger partial charge in [0.1, 0.15) is 19.3 Å². The summed E-state index contributed by atoms with van der Waals surface area (Å²) in [5.74, 6) is 1.07. The van der Waals surface area contributed by atoms with E-state index in [-0.39, 0.29) is 25.7 Å². The van der Waals surface area contributed by atoms with Gasteiger partial charge < -0.3 is 33.8 Å². The Hall–Kier alpha value is -1.94. The van der Waals surface area contributed by atoms with Gasteiger partial charge in [-0.25, -0.2) is 9.13 Å². The predicted molar refractivity (Wildman–Crippen MR) is 391 cm³/mol. The summed E-state index contributed by atoms with van der Waals surface area (Å²) >= 11 is 0. The molecule has 17 nitrogen and oxygen atoms in total. The van der Waals surface area contributed by atoms with Crippen LogP contribution in [0.5, 0.6) is 0 Å². The summed E-state index contributed by atoms with van der Waals surface area (Å²) in [6, 6.07) is 0. The fourth-order valence-electron chi connectivity index (χ4n) is 11.6. The highest BCUT2D eigenvalue weighted by Crippen LogP contribution is 2.45. The molecule has 0 aromatic rings. The van der Waals surface area contributed by atoms with Gasteiger partial charge in [-0.1, -0.05) is 338 Å². The summed E-state index contributed by atoms with van der Waals surface area (Å²) < 4.78 is 68.6. The second-order valence-electron chi connectivity index (χ2n) is 28.7. The molecule has 0 aromatic carbocycles. The van der Waals surface area contributed by atoms with Gasteiger partial charge >= 0.3 is 39.5 Å². The Kier molecular flexibility index (Phi) is 65.0. The van der Waals surface area contributed by atoms with E-state index < -0.39 is 97.5 Å². The minimum Gasteiger partial charge on any atom is -0.462 e. The van der Waals surface area contributed by atoms with Gasteiger partial charge in [-0.2, -0.15) is 0 Å². The van der Waals surface area contributed by atoms with Crippen molar-refractivity contribution in [1.82, 2.24) is 0 Å². The molecule has 0 saturated carbocycles. The van der Waals surface area contributed by atoms with Crippen LogP contribution in [0.1, 0.15) is 389 Å². The number of phosphoric ester groups is 2. The first kappa shape index (κ1) is 94.1. The highest BCUT2D eigenvalue weighted by atomic mass is 31.2. The van der Waals surface area contributed by atoms with Crippen LogP contribution in [0.4, 0.5) is 0 Å². The minimum atomic E-state index is -4.96. The molecule has 0 saturated heterocycles. The largest absolute Gasteiger partial charge is 0.472 e. The Morgan fingerprint density at radius 1 is 0.281 bits per heavy atom. The van der Waals surface area contributed by atoms with Gasteiger partial charge in [-0.15, -0.1) is 0 Å². The van der Waals surface area contributed by atoms with Gasteiger partial charge in [0.25, 0.3) is 0 Å². The van der Waals surface area contributed by atoms with Crippen LogP contribution in [0.15, 0.2) is 0 Å². The van der Waals surface area contributed by atoms with E-state index in [0.717, 1.165) is 120 Å². The first-order chi connectivity index (χ1) is 46.2. The van der Waals surface area contributed by atoms with E-state index >= 15 is 0 Å². The van der Waals surface area contributed by atoms with Crippen LogP contribution in [0.3, 0.4) is 0 Å². The SMILES string of the molecule is CCC(C)CCCCCCCCCCCCCCCCC(=O)OC[C@H](COP(=O)(O)OC[C@@H](O)COP(=O)(O)OC[C@@H](COC(=O)CCCCCCCCC(C)CC)OC(=O)CCCCCCCCCCCCC(C)CC)OC(=O)CCCCCCCCCCCCC(C)CC. The summed E-state index contributed by atoms with van der Waals surface area (Å²) in [7, 11) is -9.92. The Morgan fingerprint density at radius 3 is 0.688 bits per heavy atom. The summed E-state index contributed by atoms with van der Waals surface area (Å²) in [6.45, 7) is 14.3. The maximum atomic E-state index is 13.1. The molecule has 0 aliphatic carbocycles. The third-order valence-electron chi connectivity index (χ3n) is 19.3. The van der Waals surface area contributed by atoms with Crippen molar-refractivity contribution >= 4 is 39.5 Å². The van der Waals surface area contributed by atoms with Crippen LogP contribution in [0, 0.1) is 23.7 Å². The number of aliphatic hydroxyl groups is 1. The van der Waals surface area contributed by atoms with E-state index in [0.29, 0.717) is 25.7 Å². The van der Waals surface area contributed by atoms with Gasteiger partial charge in [0.05, 0.1) is 26.4 Å². The van der Waals surface area contributed by atoms with Crippen molar-refractivity contribution < 1.29 is 80.2 Å². The fourth-order valence-corrected chi connectivity index (χ4v) is 13.2. The number of carbonyl (C=O) groups excluding carboxylic acids is 4. The molecular formula is C77H150O17P2. The predicted octanol–water partition coefficient (Wildman–Crippen LogP) is 22.4. The first-order valence-corrected chi connectivity index (χ1v) is 42.8. The molecule has 9 atom stereocenters.